The number of thiazole rings is 1. The van der Waals surface area contributed by atoms with Crippen molar-refractivity contribution in [1.29, 1.82) is 0 Å². The van der Waals surface area contributed by atoms with Gasteiger partial charge >= 0.3 is 0 Å². The Kier molecular flexibility index (Phi) is 6.54. The first-order chi connectivity index (χ1) is 13.1. The van der Waals surface area contributed by atoms with E-state index in [1.54, 1.807) is 12.1 Å². The monoisotopic (exact) mass is 391 g/mol. The van der Waals surface area contributed by atoms with Crippen LogP contribution in [0, 0.1) is 5.82 Å². The van der Waals surface area contributed by atoms with Crippen molar-refractivity contribution in [2.24, 2.45) is 0 Å². The zero-order valence-corrected chi connectivity index (χ0v) is 16.1. The number of nitrogens with one attached hydrogen (secondary N) is 1. The van der Waals surface area contributed by atoms with Gasteiger partial charge in [-0.05, 0) is 38.1 Å². The van der Waals surface area contributed by atoms with Crippen LogP contribution in [0.4, 0.5) is 4.39 Å². The van der Waals surface area contributed by atoms with Crippen LogP contribution in [0.3, 0.4) is 0 Å². The number of aromatic nitrogens is 2. The molecule has 0 aliphatic rings. The molecular formula is C19H22FN3O3S. The molecule has 144 valence electrons. The van der Waals surface area contributed by atoms with Gasteiger partial charge in [-0.15, -0.1) is 11.3 Å². The first kappa shape index (κ1) is 19.5. The number of ether oxygens (including phenoxy) is 2. The fourth-order valence-electron chi connectivity index (χ4n) is 2.68. The molecule has 1 N–H and O–H groups in total. The largest absolute Gasteiger partial charge is 0.351 e. The standard InChI is InChI=1S/C19H22FN3O3S/c1-3-25-18(26-4-2)10-21-17(24)9-15-12-27-19-22-16(11-23(15)19)13-5-7-14(20)8-6-13/h5-8,11-12,18H,3-4,9-10H2,1-2H3,(H,21,24). The van der Waals surface area contributed by atoms with Gasteiger partial charge in [0.05, 0.1) is 18.7 Å². The van der Waals surface area contributed by atoms with E-state index in [4.69, 9.17) is 9.47 Å². The van der Waals surface area contributed by atoms with E-state index in [0.717, 1.165) is 21.9 Å². The molecule has 3 aromatic rings. The summed E-state index contributed by atoms with van der Waals surface area (Å²) in [4.78, 5) is 17.6. The summed E-state index contributed by atoms with van der Waals surface area (Å²) in [6, 6.07) is 6.19. The third-order valence-electron chi connectivity index (χ3n) is 3.94. The van der Waals surface area contributed by atoms with E-state index in [0.29, 0.717) is 19.8 Å². The van der Waals surface area contributed by atoms with Crippen molar-refractivity contribution in [3.63, 3.8) is 0 Å². The molecule has 2 heterocycles. The van der Waals surface area contributed by atoms with Crippen LogP contribution in [0.25, 0.3) is 16.2 Å². The lowest BCUT2D eigenvalue weighted by Gasteiger charge is -2.17. The Hall–Kier alpha value is -2.29. The molecule has 0 fully saturated rings. The minimum Gasteiger partial charge on any atom is -0.351 e. The predicted molar refractivity (Wildman–Crippen MR) is 102 cm³/mol. The van der Waals surface area contributed by atoms with Crippen molar-refractivity contribution in [2.75, 3.05) is 19.8 Å². The quantitative estimate of drug-likeness (QED) is 0.569. The summed E-state index contributed by atoms with van der Waals surface area (Å²) in [7, 11) is 0. The molecule has 0 saturated carbocycles. The van der Waals surface area contributed by atoms with E-state index >= 15 is 0 Å². The second kappa shape index (κ2) is 9.07. The van der Waals surface area contributed by atoms with Gasteiger partial charge in [-0.1, -0.05) is 0 Å². The van der Waals surface area contributed by atoms with Gasteiger partial charge in [0, 0.05) is 36.0 Å². The summed E-state index contributed by atoms with van der Waals surface area (Å²) >= 11 is 1.46. The Bertz CT molecular complexity index is 885. The topological polar surface area (TPSA) is 64.9 Å². The van der Waals surface area contributed by atoms with E-state index in [-0.39, 0.29) is 18.1 Å². The summed E-state index contributed by atoms with van der Waals surface area (Å²) in [6.45, 7) is 5.11. The number of carbonyl (C=O) groups is 1. The van der Waals surface area contributed by atoms with Gasteiger partial charge in [-0.2, -0.15) is 0 Å². The highest BCUT2D eigenvalue weighted by atomic mass is 32.1. The van der Waals surface area contributed by atoms with Crippen LogP contribution in [-0.2, 0) is 20.7 Å². The van der Waals surface area contributed by atoms with E-state index in [2.05, 4.69) is 10.3 Å². The second-order valence-corrected chi connectivity index (χ2v) is 6.67. The van der Waals surface area contributed by atoms with E-state index in [9.17, 15) is 9.18 Å². The predicted octanol–water partition coefficient (Wildman–Crippen LogP) is 3.26. The molecule has 0 radical (unpaired) electrons. The molecule has 0 spiro atoms. The molecule has 3 rings (SSSR count). The number of amides is 1. The summed E-state index contributed by atoms with van der Waals surface area (Å²) in [5.41, 5.74) is 2.42. The minimum atomic E-state index is -0.440. The Morgan fingerprint density at radius 2 is 1.96 bits per heavy atom. The number of halogens is 1. The first-order valence-electron chi connectivity index (χ1n) is 8.82. The third-order valence-corrected chi connectivity index (χ3v) is 4.82. The highest BCUT2D eigenvalue weighted by Gasteiger charge is 2.14. The van der Waals surface area contributed by atoms with Crippen molar-refractivity contribution < 1.29 is 18.7 Å². The maximum atomic E-state index is 13.1. The number of carbonyl (C=O) groups excluding carboxylic acids is 1. The van der Waals surface area contributed by atoms with Gasteiger partial charge in [0.15, 0.2) is 11.3 Å². The summed E-state index contributed by atoms with van der Waals surface area (Å²) in [5.74, 6) is -0.398. The molecule has 0 bridgehead atoms. The van der Waals surface area contributed by atoms with Crippen LogP contribution in [0.2, 0.25) is 0 Å². The lowest BCUT2D eigenvalue weighted by atomic mass is 10.2. The molecule has 0 aliphatic carbocycles. The van der Waals surface area contributed by atoms with Crippen molar-refractivity contribution in [2.45, 2.75) is 26.6 Å². The second-order valence-electron chi connectivity index (χ2n) is 5.83. The molecule has 0 unspecified atom stereocenters. The molecule has 6 nitrogen and oxygen atoms in total. The zero-order chi connectivity index (χ0) is 19.2. The van der Waals surface area contributed by atoms with Crippen LogP contribution in [0.5, 0.6) is 0 Å². The van der Waals surface area contributed by atoms with Crippen molar-refractivity contribution in [3.8, 4) is 11.3 Å². The van der Waals surface area contributed by atoms with Crippen molar-refractivity contribution in [3.05, 3.63) is 47.4 Å². The van der Waals surface area contributed by atoms with Gasteiger partial charge in [0.2, 0.25) is 5.91 Å². The number of hydrogen-bond acceptors (Lipinski definition) is 5. The number of fused-ring (bicyclic) bond motifs is 1. The maximum absolute atomic E-state index is 13.1. The van der Waals surface area contributed by atoms with E-state index in [1.165, 1.54) is 23.5 Å². The fourth-order valence-corrected chi connectivity index (χ4v) is 3.55. The number of rotatable bonds is 9. The fraction of sp³-hybridized carbons (Fsp3) is 0.368. The van der Waals surface area contributed by atoms with Crippen molar-refractivity contribution in [1.82, 2.24) is 14.7 Å². The molecular weight excluding hydrogens is 369 g/mol. The molecule has 0 atom stereocenters. The zero-order valence-electron chi connectivity index (χ0n) is 15.3. The number of hydrogen-bond donors (Lipinski definition) is 1. The molecule has 1 aromatic carbocycles. The van der Waals surface area contributed by atoms with E-state index in [1.807, 2.05) is 29.8 Å². The first-order valence-corrected chi connectivity index (χ1v) is 9.70. The highest BCUT2D eigenvalue weighted by molar-refractivity contribution is 7.15. The van der Waals surface area contributed by atoms with Crippen molar-refractivity contribution >= 4 is 22.2 Å². The average Bonchev–Trinajstić information content (AvgIpc) is 3.23. The van der Waals surface area contributed by atoms with Gasteiger partial charge < -0.3 is 14.8 Å². The molecule has 2 aromatic heterocycles. The smallest absolute Gasteiger partial charge is 0.226 e. The van der Waals surface area contributed by atoms with Crippen LogP contribution in [-0.4, -0.2) is 41.3 Å². The number of imidazole rings is 1. The number of benzene rings is 1. The van der Waals surface area contributed by atoms with Gasteiger partial charge in [0.1, 0.15) is 5.82 Å². The van der Waals surface area contributed by atoms with Crippen LogP contribution >= 0.6 is 11.3 Å². The summed E-state index contributed by atoms with van der Waals surface area (Å²) in [6.07, 6.45) is 1.65. The third kappa shape index (κ3) is 4.91. The van der Waals surface area contributed by atoms with Gasteiger partial charge in [-0.3, -0.25) is 9.20 Å². The lowest BCUT2D eigenvalue weighted by Crippen LogP contribution is -2.36. The minimum absolute atomic E-state index is 0.115. The van der Waals surface area contributed by atoms with Gasteiger partial charge in [0.25, 0.3) is 0 Å². The Balaban J connectivity index is 1.66. The molecule has 0 aliphatic heterocycles. The van der Waals surface area contributed by atoms with Crippen LogP contribution in [0.15, 0.2) is 35.8 Å². The summed E-state index contributed by atoms with van der Waals surface area (Å²) < 4.78 is 25.8. The molecule has 0 saturated heterocycles. The maximum Gasteiger partial charge on any atom is 0.226 e. The average molecular weight is 391 g/mol. The Morgan fingerprint density at radius 3 is 2.63 bits per heavy atom. The Labute approximate surface area is 160 Å². The lowest BCUT2D eigenvalue weighted by molar-refractivity contribution is -0.140. The molecule has 1 amide bonds. The summed E-state index contributed by atoms with van der Waals surface area (Å²) in [5, 5.41) is 4.76. The Morgan fingerprint density at radius 1 is 1.26 bits per heavy atom. The van der Waals surface area contributed by atoms with Crippen LogP contribution < -0.4 is 5.32 Å². The SMILES string of the molecule is CCOC(CNC(=O)Cc1csc2nc(-c3ccc(F)cc3)cn12)OCC. The molecule has 27 heavy (non-hydrogen) atoms. The van der Waals surface area contributed by atoms with E-state index < -0.39 is 6.29 Å². The molecule has 8 heteroatoms. The van der Waals surface area contributed by atoms with Gasteiger partial charge in [-0.25, -0.2) is 9.37 Å². The highest BCUT2D eigenvalue weighted by Crippen LogP contribution is 2.24. The van der Waals surface area contributed by atoms with Crippen LogP contribution in [0.1, 0.15) is 19.5 Å². The normalized spacial score (nSPS) is 11.4. The number of nitrogens with zero attached hydrogens (tertiary/aromatic N) is 2.